The molecule has 0 fully saturated rings. The van der Waals surface area contributed by atoms with Gasteiger partial charge in [-0.05, 0) is 31.5 Å². The van der Waals surface area contributed by atoms with Gasteiger partial charge in [0.15, 0.2) is 0 Å². The molecule has 0 radical (unpaired) electrons. The smallest absolute Gasteiger partial charge is 0.293 e. The van der Waals surface area contributed by atoms with Crippen LogP contribution in [-0.2, 0) is 0 Å². The van der Waals surface area contributed by atoms with Gasteiger partial charge < -0.3 is 9.73 Å². The summed E-state index contributed by atoms with van der Waals surface area (Å²) in [4.78, 5) is 22.4. The summed E-state index contributed by atoms with van der Waals surface area (Å²) in [7, 11) is 0. The van der Waals surface area contributed by atoms with E-state index < -0.39 is 10.8 Å². The number of furan rings is 1. The molecule has 1 N–H and O–H groups in total. The molecule has 0 aliphatic carbocycles. The number of anilines is 1. The van der Waals surface area contributed by atoms with Gasteiger partial charge in [0.1, 0.15) is 11.4 Å². The Hall–Kier alpha value is -2.63. The van der Waals surface area contributed by atoms with Gasteiger partial charge in [0, 0.05) is 6.07 Å². The third-order valence-electron chi connectivity index (χ3n) is 2.70. The van der Waals surface area contributed by atoms with Crippen LogP contribution in [0, 0.1) is 24.0 Å². The molecule has 19 heavy (non-hydrogen) atoms. The first-order chi connectivity index (χ1) is 8.99. The Morgan fingerprint density at radius 3 is 2.63 bits per heavy atom. The average molecular weight is 260 g/mol. The number of carbonyl (C=O) groups is 1. The van der Waals surface area contributed by atoms with Crippen LogP contribution in [0.25, 0.3) is 0 Å². The Bertz CT molecular complexity index is 646. The van der Waals surface area contributed by atoms with Crippen molar-refractivity contribution in [2.24, 2.45) is 0 Å². The van der Waals surface area contributed by atoms with Gasteiger partial charge in [-0.2, -0.15) is 0 Å². The highest BCUT2D eigenvalue weighted by molar-refractivity contribution is 6.06. The SMILES string of the molecule is Cc1ccc(NC(=O)c2ccoc2C)c([N+](=O)[O-])c1. The zero-order valence-electron chi connectivity index (χ0n) is 10.5. The quantitative estimate of drug-likeness (QED) is 0.678. The van der Waals surface area contributed by atoms with Gasteiger partial charge in [-0.25, -0.2) is 0 Å². The van der Waals surface area contributed by atoms with E-state index in [-0.39, 0.29) is 11.4 Å². The number of carbonyl (C=O) groups excluding carboxylic acids is 1. The number of rotatable bonds is 3. The number of nitro groups is 1. The minimum Gasteiger partial charge on any atom is -0.469 e. The van der Waals surface area contributed by atoms with Crippen molar-refractivity contribution >= 4 is 17.3 Å². The largest absolute Gasteiger partial charge is 0.469 e. The molecule has 0 saturated carbocycles. The standard InChI is InChI=1S/C13H12N2O4/c1-8-3-4-11(12(7-8)15(17)18)14-13(16)10-5-6-19-9(10)2/h3-7H,1-2H3,(H,14,16). The monoisotopic (exact) mass is 260 g/mol. The number of nitro benzene ring substituents is 1. The van der Waals surface area contributed by atoms with Crippen LogP contribution in [0.2, 0.25) is 0 Å². The second kappa shape index (κ2) is 4.93. The molecular formula is C13H12N2O4. The summed E-state index contributed by atoms with van der Waals surface area (Å²) in [6, 6.07) is 6.15. The molecule has 0 bridgehead atoms. The zero-order chi connectivity index (χ0) is 14.0. The third-order valence-corrected chi connectivity index (χ3v) is 2.70. The first-order valence-electron chi connectivity index (χ1n) is 5.59. The van der Waals surface area contributed by atoms with Crippen molar-refractivity contribution in [1.82, 2.24) is 0 Å². The van der Waals surface area contributed by atoms with Crippen molar-refractivity contribution in [3.63, 3.8) is 0 Å². The Morgan fingerprint density at radius 1 is 1.32 bits per heavy atom. The van der Waals surface area contributed by atoms with E-state index in [0.717, 1.165) is 5.56 Å². The third kappa shape index (κ3) is 2.62. The zero-order valence-corrected chi connectivity index (χ0v) is 10.5. The maximum absolute atomic E-state index is 12.0. The second-order valence-corrected chi connectivity index (χ2v) is 4.12. The van der Waals surface area contributed by atoms with E-state index in [1.807, 2.05) is 0 Å². The number of hydrogen-bond donors (Lipinski definition) is 1. The van der Waals surface area contributed by atoms with Crippen LogP contribution in [0.3, 0.4) is 0 Å². The Labute approximate surface area is 109 Å². The van der Waals surface area contributed by atoms with Crippen molar-refractivity contribution in [2.75, 3.05) is 5.32 Å². The van der Waals surface area contributed by atoms with Crippen molar-refractivity contribution in [2.45, 2.75) is 13.8 Å². The highest BCUT2D eigenvalue weighted by Gasteiger charge is 2.18. The molecule has 6 heteroatoms. The summed E-state index contributed by atoms with van der Waals surface area (Å²) in [5, 5.41) is 13.5. The molecule has 1 heterocycles. The van der Waals surface area contributed by atoms with E-state index in [2.05, 4.69) is 5.32 Å². The fraction of sp³-hybridized carbons (Fsp3) is 0.154. The molecule has 0 atom stereocenters. The number of aryl methyl sites for hydroxylation is 2. The van der Waals surface area contributed by atoms with Crippen LogP contribution in [0.5, 0.6) is 0 Å². The Morgan fingerprint density at radius 2 is 2.05 bits per heavy atom. The summed E-state index contributed by atoms with van der Waals surface area (Å²) in [5.41, 5.74) is 1.15. The van der Waals surface area contributed by atoms with Crippen LogP contribution in [0.1, 0.15) is 21.7 Å². The lowest BCUT2D eigenvalue weighted by atomic mass is 10.2. The van der Waals surface area contributed by atoms with Gasteiger partial charge in [-0.15, -0.1) is 0 Å². The van der Waals surface area contributed by atoms with Crippen LogP contribution in [-0.4, -0.2) is 10.8 Å². The number of nitrogens with one attached hydrogen (secondary N) is 1. The van der Waals surface area contributed by atoms with E-state index >= 15 is 0 Å². The number of nitrogens with zero attached hydrogens (tertiary/aromatic N) is 1. The van der Waals surface area contributed by atoms with Gasteiger partial charge in [0.2, 0.25) is 0 Å². The van der Waals surface area contributed by atoms with E-state index in [9.17, 15) is 14.9 Å². The molecule has 1 aromatic heterocycles. The van der Waals surface area contributed by atoms with Crippen LogP contribution >= 0.6 is 0 Å². The van der Waals surface area contributed by atoms with Gasteiger partial charge in [0.05, 0.1) is 16.7 Å². The molecule has 2 rings (SSSR count). The lowest BCUT2D eigenvalue weighted by Crippen LogP contribution is -2.13. The van der Waals surface area contributed by atoms with Crippen LogP contribution in [0.15, 0.2) is 34.9 Å². The maximum Gasteiger partial charge on any atom is 0.293 e. The molecule has 0 spiro atoms. The van der Waals surface area contributed by atoms with E-state index in [1.165, 1.54) is 24.5 Å². The number of hydrogen-bond acceptors (Lipinski definition) is 4. The average Bonchev–Trinajstić information content (AvgIpc) is 2.77. The van der Waals surface area contributed by atoms with E-state index in [1.54, 1.807) is 19.9 Å². The van der Waals surface area contributed by atoms with Gasteiger partial charge >= 0.3 is 0 Å². The summed E-state index contributed by atoms with van der Waals surface area (Å²) in [6.45, 7) is 3.40. The van der Waals surface area contributed by atoms with Crippen LogP contribution in [0.4, 0.5) is 11.4 Å². The number of amides is 1. The topological polar surface area (TPSA) is 85.4 Å². The molecule has 0 saturated heterocycles. The van der Waals surface area contributed by atoms with Crippen molar-refractivity contribution in [3.8, 4) is 0 Å². The Kier molecular flexibility index (Phi) is 3.33. The summed E-state index contributed by atoms with van der Waals surface area (Å²) < 4.78 is 5.03. The Balaban J connectivity index is 2.32. The van der Waals surface area contributed by atoms with Crippen LogP contribution < -0.4 is 5.32 Å². The maximum atomic E-state index is 12.0. The van der Waals surface area contributed by atoms with E-state index in [4.69, 9.17) is 4.42 Å². The first kappa shape index (κ1) is 12.8. The predicted molar refractivity (Wildman–Crippen MR) is 69.2 cm³/mol. The van der Waals surface area contributed by atoms with Gasteiger partial charge in [-0.3, -0.25) is 14.9 Å². The summed E-state index contributed by atoms with van der Waals surface area (Å²) >= 11 is 0. The summed E-state index contributed by atoms with van der Waals surface area (Å²) in [5.74, 6) is 0.0328. The second-order valence-electron chi connectivity index (χ2n) is 4.12. The van der Waals surface area contributed by atoms with E-state index in [0.29, 0.717) is 11.3 Å². The number of benzene rings is 1. The molecule has 0 unspecified atom stereocenters. The molecule has 1 aromatic carbocycles. The molecular weight excluding hydrogens is 248 g/mol. The lowest BCUT2D eigenvalue weighted by Gasteiger charge is -2.06. The highest BCUT2D eigenvalue weighted by Crippen LogP contribution is 2.26. The normalized spacial score (nSPS) is 10.2. The molecule has 2 aromatic rings. The minimum atomic E-state index is -0.523. The predicted octanol–water partition coefficient (Wildman–Crippen LogP) is 3.06. The fourth-order valence-electron chi connectivity index (χ4n) is 1.71. The summed E-state index contributed by atoms with van der Waals surface area (Å²) in [6.07, 6.45) is 1.40. The van der Waals surface area contributed by atoms with Gasteiger partial charge in [0.25, 0.3) is 11.6 Å². The van der Waals surface area contributed by atoms with Crippen molar-refractivity contribution in [3.05, 3.63) is 57.5 Å². The molecule has 6 nitrogen and oxygen atoms in total. The molecule has 0 aliphatic heterocycles. The lowest BCUT2D eigenvalue weighted by molar-refractivity contribution is -0.384. The highest BCUT2D eigenvalue weighted by atomic mass is 16.6. The molecule has 98 valence electrons. The van der Waals surface area contributed by atoms with Gasteiger partial charge in [-0.1, -0.05) is 6.07 Å². The van der Waals surface area contributed by atoms with Crippen molar-refractivity contribution < 1.29 is 14.1 Å². The molecule has 1 amide bonds. The van der Waals surface area contributed by atoms with Crippen molar-refractivity contribution in [1.29, 1.82) is 0 Å². The molecule has 0 aliphatic rings. The minimum absolute atomic E-state index is 0.130. The fourth-order valence-corrected chi connectivity index (χ4v) is 1.71. The first-order valence-corrected chi connectivity index (χ1v) is 5.59.